The van der Waals surface area contributed by atoms with Gasteiger partial charge in [-0.15, -0.1) is 0 Å². The number of pyridine rings is 1. The Kier molecular flexibility index (Phi) is 2.53. The number of nitrogens with two attached hydrogens (primary N) is 1. The van der Waals surface area contributed by atoms with Gasteiger partial charge in [-0.1, -0.05) is 0 Å². The molecule has 0 saturated heterocycles. The van der Waals surface area contributed by atoms with Crippen LogP contribution in [0.2, 0.25) is 0 Å². The van der Waals surface area contributed by atoms with Crippen LogP contribution in [0.25, 0.3) is 5.82 Å². The highest BCUT2D eigenvalue weighted by atomic mass is 19.4. The average Bonchev–Trinajstić information content (AvgIpc) is 2.61. The van der Waals surface area contributed by atoms with Crippen molar-refractivity contribution in [2.24, 2.45) is 0 Å². The maximum atomic E-state index is 12.4. The number of hydrogen-bond acceptors (Lipinski definition) is 3. The summed E-state index contributed by atoms with van der Waals surface area (Å²) in [4.78, 5) is 3.91. The van der Waals surface area contributed by atoms with E-state index < -0.39 is 11.9 Å². The van der Waals surface area contributed by atoms with Gasteiger partial charge in [-0.25, -0.2) is 9.67 Å². The molecular formula is C10H9F3N4. The van der Waals surface area contributed by atoms with E-state index in [0.29, 0.717) is 17.2 Å². The molecule has 0 saturated carbocycles. The summed E-state index contributed by atoms with van der Waals surface area (Å²) in [6.45, 7) is 1.53. The molecule has 2 N–H and O–H groups in total. The monoisotopic (exact) mass is 242 g/mol. The van der Waals surface area contributed by atoms with Crippen molar-refractivity contribution in [3.05, 3.63) is 35.8 Å². The summed E-state index contributed by atoms with van der Waals surface area (Å²) in [7, 11) is 0. The molecule has 0 radical (unpaired) electrons. The van der Waals surface area contributed by atoms with Gasteiger partial charge in [0.15, 0.2) is 11.5 Å². The van der Waals surface area contributed by atoms with Crippen LogP contribution in [0.3, 0.4) is 0 Å². The number of rotatable bonds is 1. The first-order valence-electron chi connectivity index (χ1n) is 4.73. The Hall–Kier alpha value is -2.05. The SMILES string of the molecule is Cc1cc(C(F)(F)F)nn1-c1ccc(N)cn1. The highest BCUT2D eigenvalue weighted by Crippen LogP contribution is 2.29. The third kappa shape index (κ3) is 2.22. The lowest BCUT2D eigenvalue weighted by molar-refractivity contribution is -0.141. The van der Waals surface area contributed by atoms with Crippen molar-refractivity contribution in [3.63, 3.8) is 0 Å². The Morgan fingerprint density at radius 2 is 2.00 bits per heavy atom. The van der Waals surface area contributed by atoms with Crippen LogP contribution in [0, 0.1) is 6.92 Å². The molecule has 7 heteroatoms. The van der Waals surface area contributed by atoms with E-state index in [4.69, 9.17) is 5.73 Å². The Morgan fingerprint density at radius 1 is 1.29 bits per heavy atom. The molecule has 0 amide bonds. The summed E-state index contributed by atoms with van der Waals surface area (Å²) in [6, 6.07) is 4.03. The van der Waals surface area contributed by atoms with Gasteiger partial charge in [-0.05, 0) is 25.1 Å². The van der Waals surface area contributed by atoms with Crippen LogP contribution >= 0.6 is 0 Å². The molecule has 4 nitrogen and oxygen atoms in total. The van der Waals surface area contributed by atoms with Gasteiger partial charge in [0, 0.05) is 5.69 Å². The molecule has 0 aromatic carbocycles. The predicted molar refractivity (Wildman–Crippen MR) is 55.5 cm³/mol. The topological polar surface area (TPSA) is 56.7 Å². The Morgan fingerprint density at radius 3 is 2.47 bits per heavy atom. The van der Waals surface area contributed by atoms with Crippen molar-refractivity contribution in [2.75, 3.05) is 5.73 Å². The molecule has 0 aliphatic rings. The number of aryl methyl sites for hydroxylation is 1. The van der Waals surface area contributed by atoms with Crippen LogP contribution in [0.15, 0.2) is 24.4 Å². The first kappa shape index (κ1) is 11.4. The summed E-state index contributed by atoms with van der Waals surface area (Å²) in [6.07, 6.45) is -3.09. The van der Waals surface area contributed by atoms with Gasteiger partial charge in [0.25, 0.3) is 0 Å². The largest absolute Gasteiger partial charge is 0.435 e. The quantitative estimate of drug-likeness (QED) is 0.833. The number of alkyl halides is 3. The maximum Gasteiger partial charge on any atom is 0.435 e. The van der Waals surface area contributed by atoms with Gasteiger partial charge in [-0.2, -0.15) is 18.3 Å². The van der Waals surface area contributed by atoms with Gasteiger partial charge in [0.2, 0.25) is 0 Å². The van der Waals surface area contributed by atoms with Crippen LogP contribution in [0.4, 0.5) is 18.9 Å². The molecule has 0 unspecified atom stereocenters. The van der Waals surface area contributed by atoms with Gasteiger partial charge in [0.05, 0.1) is 11.9 Å². The third-order valence-corrected chi connectivity index (χ3v) is 2.17. The van der Waals surface area contributed by atoms with Gasteiger partial charge in [-0.3, -0.25) is 0 Å². The summed E-state index contributed by atoms with van der Waals surface area (Å²) in [5.74, 6) is 0.298. The number of aromatic nitrogens is 3. The van der Waals surface area contributed by atoms with Crippen molar-refractivity contribution in [2.45, 2.75) is 13.1 Å². The summed E-state index contributed by atoms with van der Waals surface area (Å²) in [5, 5.41) is 3.47. The third-order valence-electron chi connectivity index (χ3n) is 2.17. The Labute approximate surface area is 94.9 Å². The van der Waals surface area contributed by atoms with E-state index >= 15 is 0 Å². The standard InChI is InChI=1S/C10H9F3N4/c1-6-4-8(10(11,12)13)16-17(6)9-3-2-7(14)5-15-9/h2-5H,14H2,1H3. The number of nitrogen functional groups attached to an aromatic ring is 1. The fourth-order valence-electron chi connectivity index (χ4n) is 1.37. The van der Waals surface area contributed by atoms with E-state index in [-0.39, 0.29) is 0 Å². The number of nitrogens with zero attached hydrogens (tertiary/aromatic N) is 3. The van der Waals surface area contributed by atoms with E-state index in [1.165, 1.54) is 19.2 Å². The van der Waals surface area contributed by atoms with Crippen LogP contribution in [-0.2, 0) is 6.18 Å². The maximum absolute atomic E-state index is 12.4. The summed E-state index contributed by atoms with van der Waals surface area (Å²) in [5.41, 5.74) is 5.30. The van der Waals surface area contributed by atoms with Crippen molar-refractivity contribution in [3.8, 4) is 5.82 Å². The van der Waals surface area contributed by atoms with Crippen molar-refractivity contribution >= 4 is 5.69 Å². The second-order valence-electron chi connectivity index (χ2n) is 3.53. The fourth-order valence-corrected chi connectivity index (χ4v) is 1.37. The zero-order valence-corrected chi connectivity index (χ0v) is 8.86. The predicted octanol–water partition coefficient (Wildman–Crippen LogP) is 2.18. The van der Waals surface area contributed by atoms with Gasteiger partial charge < -0.3 is 5.73 Å². The lowest BCUT2D eigenvalue weighted by Gasteiger charge is -2.03. The molecule has 2 rings (SSSR count). The molecule has 2 heterocycles. The van der Waals surface area contributed by atoms with Crippen LogP contribution in [0.1, 0.15) is 11.4 Å². The van der Waals surface area contributed by atoms with Crippen molar-refractivity contribution < 1.29 is 13.2 Å². The van der Waals surface area contributed by atoms with E-state index in [2.05, 4.69) is 10.1 Å². The second-order valence-corrected chi connectivity index (χ2v) is 3.53. The van der Waals surface area contributed by atoms with Crippen molar-refractivity contribution in [1.82, 2.24) is 14.8 Å². The van der Waals surface area contributed by atoms with Crippen LogP contribution < -0.4 is 5.73 Å². The highest BCUT2D eigenvalue weighted by molar-refractivity contribution is 5.39. The minimum Gasteiger partial charge on any atom is -0.397 e. The number of hydrogen-bond donors (Lipinski definition) is 1. The number of anilines is 1. The molecule has 0 spiro atoms. The van der Waals surface area contributed by atoms with Crippen LogP contribution in [-0.4, -0.2) is 14.8 Å². The lowest BCUT2D eigenvalue weighted by Crippen LogP contribution is -2.08. The molecule has 0 aliphatic heterocycles. The molecule has 0 atom stereocenters. The first-order chi connectivity index (χ1) is 7.88. The van der Waals surface area contributed by atoms with Gasteiger partial charge >= 0.3 is 6.18 Å². The van der Waals surface area contributed by atoms with E-state index in [1.54, 1.807) is 6.07 Å². The zero-order valence-electron chi connectivity index (χ0n) is 8.86. The normalized spacial score (nSPS) is 11.8. The molecule has 0 aliphatic carbocycles. The minimum absolute atomic E-state index is 0.298. The Bertz CT molecular complexity index is 527. The van der Waals surface area contributed by atoms with Crippen molar-refractivity contribution in [1.29, 1.82) is 0 Å². The summed E-state index contributed by atoms with van der Waals surface area (Å²) < 4.78 is 38.5. The van der Waals surface area contributed by atoms with E-state index in [9.17, 15) is 13.2 Å². The van der Waals surface area contributed by atoms with Crippen LogP contribution in [0.5, 0.6) is 0 Å². The molecule has 90 valence electrons. The fraction of sp³-hybridized carbons (Fsp3) is 0.200. The molecule has 0 fully saturated rings. The zero-order chi connectivity index (χ0) is 12.6. The molecule has 0 bridgehead atoms. The smallest absolute Gasteiger partial charge is 0.397 e. The lowest BCUT2D eigenvalue weighted by atomic mass is 10.3. The molecule has 17 heavy (non-hydrogen) atoms. The Balaban J connectivity index is 2.46. The summed E-state index contributed by atoms with van der Waals surface area (Å²) >= 11 is 0. The highest BCUT2D eigenvalue weighted by Gasteiger charge is 2.34. The van der Waals surface area contributed by atoms with E-state index in [0.717, 1.165) is 10.7 Å². The number of halogens is 3. The molecule has 2 aromatic heterocycles. The van der Waals surface area contributed by atoms with Gasteiger partial charge in [0.1, 0.15) is 0 Å². The van der Waals surface area contributed by atoms with E-state index in [1.807, 2.05) is 0 Å². The first-order valence-corrected chi connectivity index (χ1v) is 4.73. The second kappa shape index (κ2) is 3.76. The molecular weight excluding hydrogens is 233 g/mol. The molecule has 2 aromatic rings. The average molecular weight is 242 g/mol. The minimum atomic E-state index is -4.45.